The molecule has 0 N–H and O–H groups in total. The Morgan fingerprint density at radius 1 is 1.13 bits per heavy atom. The molecule has 0 fully saturated rings. The van der Waals surface area contributed by atoms with E-state index in [9.17, 15) is 8.42 Å². The van der Waals surface area contributed by atoms with Crippen LogP contribution in [0.4, 0.5) is 0 Å². The van der Waals surface area contributed by atoms with E-state index in [1.807, 2.05) is 24.3 Å². The summed E-state index contributed by atoms with van der Waals surface area (Å²) in [5.74, 6) is 1.15. The average Bonchev–Trinajstić information content (AvgIpc) is 2.25. The zero-order valence-electron chi connectivity index (χ0n) is 8.81. The highest BCUT2D eigenvalue weighted by Gasteiger charge is 1.95. The minimum Gasteiger partial charge on any atom is -0.497 e. The molecule has 0 heterocycles. The lowest BCUT2D eigenvalue weighted by Crippen LogP contribution is -1.91. The minimum absolute atomic E-state index is 0.297. The third kappa shape index (κ3) is 4.83. The van der Waals surface area contributed by atoms with Gasteiger partial charge in [0.1, 0.15) is 16.5 Å². The van der Waals surface area contributed by atoms with Gasteiger partial charge in [-0.25, -0.2) is 8.42 Å². The van der Waals surface area contributed by atoms with Gasteiger partial charge in [-0.05, 0) is 37.0 Å². The van der Waals surface area contributed by atoms with E-state index in [1.54, 1.807) is 7.11 Å². The third-order valence-electron chi connectivity index (χ3n) is 2.22. The highest BCUT2D eigenvalue weighted by atomic mass is 32.2. The lowest BCUT2D eigenvalue weighted by atomic mass is 10.1. The molecule has 0 spiro atoms. The van der Waals surface area contributed by atoms with Crippen LogP contribution in [0.3, 0.4) is 0 Å². The Morgan fingerprint density at radius 3 is 2.33 bits per heavy atom. The first kappa shape index (κ1) is 12.0. The average molecular weight is 228 g/mol. The third-order valence-corrected chi connectivity index (χ3v) is 2.90. The molecule has 0 atom stereocenters. The fraction of sp³-hybridized carbons (Fsp3) is 0.455. The number of benzene rings is 1. The second-order valence-corrected chi connectivity index (χ2v) is 4.47. The van der Waals surface area contributed by atoms with Crippen LogP contribution in [0.15, 0.2) is 24.3 Å². The molecule has 0 aromatic heterocycles. The molecular weight excluding hydrogens is 212 g/mol. The summed E-state index contributed by atoms with van der Waals surface area (Å²) in [7, 11) is -0.570. The van der Waals surface area contributed by atoms with Crippen molar-refractivity contribution in [3.05, 3.63) is 29.8 Å². The molecule has 4 heteroatoms. The van der Waals surface area contributed by atoms with Crippen molar-refractivity contribution >= 4 is 10.7 Å². The van der Waals surface area contributed by atoms with E-state index in [1.165, 1.54) is 5.56 Å². The monoisotopic (exact) mass is 228 g/mol. The summed E-state index contributed by atoms with van der Waals surface area (Å²) >= 11 is 0. The molecule has 0 saturated heterocycles. The van der Waals surface area contributed by atoms with Gasteiger partial charge >= 0.3 is 0 Å². The van der Waals surface area contributed by atoms with Crippen molar-refractivity contribution < 1.29 is 13.2 Å². The first-order valence-electron chi connectivity index (χ1n) is 4.97. The number of aryl methyl sites for hydroxylation is 1. The Balaban J connectivity index is 2.31. The lowest BCUT2D eigenvalue weighted by molar-refractivity contribution is 0.414. The topological polar surface area (TPSA) is 43.4 Å². The van der Waals surface area contributed by atoms with Gasteiger partial charge in [0.15, 0.2) is 0 Å². The first-order valence-corrected chi connectivity index (χ1v) is 6.33. The van der Waals surface area contributed by atoms with Crippen LogP contribution >= 0.6 is 0 Å². The molecule has 0 bridgehead atoms. The number of unbranched alkanes of at least 4 members (excludes halogenated alkanes) is 1. The van der Waals surface area contributed by atoms with Crippen LogP contribution in [0.5, 0.6) is 5.75 Å². The van der Waals surface area contributed by atoms with E-state index in [0.717, 1.165) is 25.0 Å². The highest BCUT2D eigenvalue weighted by molar-refractivity contribution is 7.72. The predicted molar refractivity (Wildman–Crippen MR) is 61.1 cm³/mol. The van der Waals surface area contributed by atoms with Gasteiger partial charge in [-0.1, -0.05) is 12.1 Å². The van der Waals surface area contributed by atoms with Gasteiger partial charge in [0.25, 0.3) is 0 Å². The van der Waals surface area contributed by atoms with Gasteiger partial charge in [0, 0.05) is 5.75 Å². The zero-order chi connectivity index (χ0) is 11.1. The molecular formula is C11H16O3S. The van der Waals surface area contributed by atoms with Gasteiger partial charge in [0.05, 0.1) is 7.11 Å². The van der Waals surface area contributed by atoms with Crippen molar-refractivity contribution in [1.29, 1.82) is 0 Å². The summed E-state index contributed by atoms with van der Waals surface area (Å²) < 4.78 is 25.7. The molecule has 15 heavy (non-hydrogen) atoms. The Morgan fingerprint density at radius 2 is 1.80 bits per heavy atom. The maximum Gasteiger partial charge on any atom is 0.140 e. The van der Waals surface area contributed by atoms with Gasteiger partial charge in [0.2, 0.25) is 0 Å². The minimum atomic E-state index is -2.21. The molecule has 0 amide bonds. The molecule has 1 aromatic carbocycles. The summed E-state index contributed by atoms with van der Waals surface area (Å²) in [6, 6.07) is 7.86. The summed E-state index contributed by atoms with van der Waals surface area (Å²) in [5, 5.41) is 0. The Labute approximate surface area is 92.0 Å². The van der Waals surface area contributed by atoms with Crippen molar-refractivity contribution in [2.24, 2.45) is 0 Å². The molecule has 0 saturated carbocycles. The van der Waals surface area contributed by atoms with Crippen LogP contribution in [0, 0.1) is 0 Å². The number of hydrogen-bond acceptors (Lipinski definition) is 3. The van der Waals surface area contributed by atoms with Gasteiger partial charge in [-0.15, -0.1) is 0 Å². The van der Waals surface area contributed by atoms with Crippen molar-refractivity contribution in [3.8, 4) is 5.75 Å². The number of thiol groups is 1. The molecule has 1 aromatic rings. The SMILES string of the molecule is COc1ccc(CCCC[SH](=O)=O)cc1. The second-order valence-electron chi connectivity index (χ2n) is 3.36. The second kappa shape index (κ2) is 6.45. The lowest BCUT2D eigenvalue weighted by Gasteiger charge is -2.02. The van der Waals surface area contributed by atoms with Crippen LogP contribution in [0.2, 0.25) is 0 Å². The molecule has 0 radical (unpaired) electrons. The molecule has 84 valence electrons. The van der Waals surface area contributed by atoms with Crippen molar-refractivity contribution in [2.75, 3.05) is 12.9 Å². The fourth-order valence-corrected chi connectivity index (χ4v) is 1.84. The first-order chi connectivity index (χ1) is 7.22. The Hall–Kier alpha value is -1.03. The van der Waals surface area contributed by atoms with Gasteiger partial charge < -0.3 is 4.74 Å². The fourth-order valence-electron chi connectivity index (χ4n) is 1.36. The molecule has 1 rings (SSSR count). The van der Waals surface area contributed by atoms with E-state index >= 15 is 0 Å². The van der Waals surface area contributed by atoms with Gasteiger partial charge in [-0.3, -0.25) is 0 Å². The summed E-state index contributed by atoms with van der Waals surface area (Å²) in [4.78, 5) is 0. The quantitative estimate of drug-likeness (QED) is 0.594. The van der Waals surface area contributed by atoms with Crippen LogP contribution in [0.25, 0.3) is 0 Å². The number of rotatable bonds is 6. The van der Waals surface area contributed by atoms with Crippen LogP contribution < -0.4 is 4.74 Å². The predicted octanol–water partition coefficient (Wildman–Crippen LogP) is 1.63. The standard InChI is InChI=1S/C11H16O3S/c1-14-11-7-5-10(6-8-11)4-2-3-9-15(12)13/h5-8,15H,2-4,9H2,1H3. The van der Waals surface area contributed by atoms with E-state index < -0.39 is 10.7 Å². The molecule has 0 aliphatic heterocycles. The van der Waals surface area contributed by atoms with E-state index in [0.29, 0.717) is 5.75 Å². The molecule has 3 nitrogen and oxygen atoms in total. The summed E-state index contributed by atoms with van der Waals surface area (Å²) in [5.41, 5.74) is 1.22. The molecule has 0 unspecified atom stereocenters. The Kier molecular flexibility index (Phi) is 5.18. The van der Waals surface area contributed by atoms with Crippen molar-refractivity contribution in [2.45, 2.75) is 19.3 Å². The van der Waals surface area contributed by atoms with Crippen molar-refractivity contribution in [1.82, 2.24) is 0 Å². The molecule has 0 aliphatic rings. The van der Waals surface area contributed by atoms with E-state index in [-0.39, 0.29) is 0 Å². The maximum absolute atomic E-state index is 10.3. The molecule has 0 aliphatic carbocycles. The smallest absolute Gasteiger partial charge is 0.140 e. The summed E-state index contributed by atoms with van der Waals surface area (Å²) in [6.45, 7) is 0. The largest absolute Gasteiger partial charge is 0.497 e. The van der Waals surface area contributed by atoms with Crippen molar-refractivity contribution in [3.63, 3.8) is 0 Å². The van der Waals surface area contributed by atoms with Gasteiger partial charge in [-0.2, -0.15) is 0 Å². The zero-order valence-corrected chi connectivity index (χ0v) is 9.70. The number of ether oxygens (including phenoxy) is 1. The number of hydrogen-bond donors (Lipinski definition) is 1. The van der Waals surface area contributed by atoms with Crippen LogP contribution in [-0.2, 0) is 17.1 Å². The maximum atomic E-state index is 10.3. The van der Waals surface area contributed by atoms with Crippen LogP contribution in [-0.4, -0.2) is 21.3 Å². The van der Waals surface area contributed by atoms with Crippen LogP contribution in [0.1, 0.15) is 18.4 Å². The normalized spacial score (nSPS) is 10.5. The number of methoxy groups -OCH3 is 1. The summed E-state index contributed by atoms with van der Waals surface area (Å²) in [6.07, 6.45) is 2.58. The Bertz CT molecular complexity index is 347. The van der Waals surface area contributed by atoms with E-state index in [2.05, 4.69) is 0 Å². The van der Waals surface area contributed by atoms with E-state index in [4.69, 9.17) is 4.74 Å². The highest BCUT2D eigenvalue weighted by Crippen LogP contribution is 2.12.